The van der Waals surface area contributed by atoms with Crippen LogP contribution in [0.1, 0.15) is 0 Å². The number of hydrogen-bond acceptors (Lipinski definition) is 2. The first-order chi connectivity index (χ1) is 20.2. The van der Waals surface area contributed by atoms with Crippen molar-refractivity contribution in [3.63, 3.8) is 0 Å². The molecule has 0 aliphatic heterocycles. The van der Waals surface area contributed by atoms with Crippen LogP contribution in [-0.4, -0.2) is 0 Å². The maximum Gasteiger partial charge on any atom is 0.171 e. The predicted octanol–water partition coefficient (Wildman–Crippen LogP) is 9.20. The van der Waals surface area contributed by atoms with Crippen LogP contribution in [0.5, 0.6) is 0 Å². The van der Waals surface area contributed by atoms with E-state index in [9.17, 15) is 0 Å². The highest BCUT2D eigenvalue weighted by Gasteiger charge is 2.31. The molecule has 7 aromatic carbocycles. The van der Waals surface area contributed by atoms with Gasteiger partial charge in [-0.15, -0.1) is 0 Å². The minimum Gasteiger partial charge on any atom is -0.455 e. The quantitative estimate of drug-likeness (QED) is 0.207. The van der Waals surface area contributed by atoms with Crippen LogP contribution in [0.15, 0.2) is 156 Å². The third-order valence-electron chi connectivity index (χ3n) is 8.15. The largest absolute Gasteiger partial charge is 0.455 e. The number of rotatable bonds is 4. The van der Waals surface area contributed by atoms with Gasteiger partial charge in [-0.1, -0.05) is 133 Å². The molecule has 0 amide bonds. The van der Waals surface area contributed by atoms with Gasteiger partial charge in [0, 0.05) is 32.1 Å². The molecule has 8 rings (SSSR count). The molecule has 0 aliphatic carbocycles. The Labute approximate surface area is 237 Å². The van der Waals surface area contributed by atoms with Crippen LogP contribution in [0.25, 0.3) is 54.6 Å². The predicted molar refractivity (Wildman–Crippen MR) is 174 cm³/mol. The minimum absolute atomic E-state index is 0.836. The Kier molecular flexibility index (Phi) is 5.45. The molecule has 2 nitrogen and oxygen atoms in total. The summed E-state index contributed by atoms with van der Waals surface area (Å²) in [5, 5.41) is 9.10. The number of fused-ring (bicyclic) bond motifs is 6. The molecule has 0 N–H and O–H groups in total. The van der Waals surface area contributed by atoms with Crippen LogP contribution in [0.3, 0.4) is 0 Å². The molecule has 0 spiro atoms. The van der Waals surface area contributed by atoms with Gasteiger partial charge in [0.25, 0.3) is 0 Å². The molecular formula is C38H25O2P. The minimum atomic E-state index is -3.13. The Balaban J connectivity index is 1.36. The van der Waals surface area contributed by atoms with Gasteiger partial charge in [0.1, 0.15) is 11.2 Å². The smallest absolute Gasteiger partial charge is 0.171 e. The van der Waals surface area contributed by atoms with Crippen molar-refractivity contribution in [1.29, 1.82) is 0 Å². The van der Waals surface area contributed by atoms with Crippen LogP contribution in [0.2, 0.25) is 0 Å². The van der Waals surface area contributed by atoms with E-state index in [1.54, 1.807) is 0 Å². The van der Waals surface area contributed by atoms with Gasteiger partial charge in [0.05, 0.1) is 0 Å². The van der Waals surface area contributed by atoms with Crippen LogP contribution >= 0.6 is 7.14 Å². The third kappa shape index (κ3) is 3.69. The summed E-state index contributed by atoms with van der Waals surface area (Å²) in [7, 11) is -3.13. The molecule has 0 saturated heterocycles. The summed E-state index contributed by atoms with van der Waals surface area (Å²) in [4.78, 5) is 0. The Morgan fingerprint density at radius 2 is 1.12 bits per heavy atom. The van der Waals surface area contributed by atoms with Gasteiger partial charge in [0.2, 0.25) is 0 Å². The Morgan fingerprint density at radius 1 is 0.463 bits per heavy atom. The van der Waals surface area contributed by atoms with E-state index in [0.29, 0.717) is 0 Å². The van der Waals surface area contributed by atoms with E-state index in [2.05, 4.69) is 78.9 Å². The lowest BCUT2D eigenvalue weighted by Gasteiger charge is -2.22. The normalized spacial score (nSPS) is 12.0. The molecule has 0 radical (unpaired) electrons. The zero-order valence-corrected chi connectivity index (χ0v) is 23.1. The SMILES string of the molecule is O=P(c1ccccc1)(c1ccccc1)c1cccc2c(-c3ccc4oc5c6ccccc6ccc5c4c3)cccc12. The van der Waals surface area contributed by atoms with E-state index in [0.717, 1.165) is 65.1 Å². The first-order valence-electron chi connectivity index (χ1n) is 13.8. The van der Waals surface area contributed by atoms with Gasteiger partial charge >= 0.3 is 0 Å². The van der Waals surface area contributed by atoms with Gasteiger partial charge in [0.15, 0.2) is 7.14 Å². The summed E-state index contributed by atoms with van der Waals surface area (Å²) in [5.41, 5.74) is 4.00. The first-order valence-corrected chi connectivity index (χ1v) is 15.5. The van der Waals surface area contributed by atoms with Crippen LogP contribution < -0.4 is 15.9 Å². The van der Waals surface area contributed by atoms with Crippen LogP contribution in [0.4, 0.5) is 0 Å². The molecule has 0 atom stereocenters. The maximum atomic E-state index is 15.3. The molecular weight excluding hydrogens is 519 g/mol. The third-order valence-corrected chi connectivity index (χ3v) is 11.3. The second kappa shape index (κ2) is 9.34. The summed E-state index contributed by atoms with van der Waals surface area (Å²) in [6.07, 6.45) is 0. The molecule has 1 heterocycles. The van der Waals surface area contributed by atoms with Crippen molar-refractivity contribution in [3.8, 4) is 11.1 Å². The zero-order chi connectivity index (χ0) is 27.4. The topological polar surface area (TPSA) is 30.2 Å². The molecule has 41 heavy (non-hydrogen) atoms. The summed E-state index contributed by atoms with van der Waals surface area (Å²) in [6.45, 7) is 0. The monoisotopic (exact) mass is 544 g/mol. The molecule has 1 aromatic heterocycles. The number of furan rings is 1. The van der Waals surface area contributed by atoms with E-state index >= 15 is 4.57 Å². The van der Waals surface area contributed by atoms with Crippen molar-refractivity contribution in [2.45, 2.75) is 0 Å². The lowest BCUT2D eigenvalue weighted by molar-refractivity contribution is 0.592. The lowest BCUT2D eigenvalue weighted by Crippen LogP contribution is -2.25. The zero-order valence-electron chi connectivity index (χ0n) is 22.2. The summed E-state index contributed by atoms with van der Waals surface area (Å²) in [6, 6.07) is 51.4. The van der Waals surface area contributed by atoms with Gasteiger partial charge in [-0.05, 0) is 45.5 Å². The average molecular weight is 545 g/mol. The number of hydrogen-bond donors (Lipinski definition) is 0. The summed E-state index contributed by atoms with van der Waals surface area (Å²) >= 11 is 0. The number of benzene rings is 7. The molecule has 0 saturated carbocycles. The fourth-order valence-corrected chi connectivity index (χ4v) is 9.06. The molecule has 0 aliphatic rings. The first kappa shape index (κ1) is 23.9. The fourth-order valence-electron chi connectivity index (χ4n) is 6.19. The van der Waals surface area contributed by atoms with E-state index in [4.69, 9.17) is 4.42 Å². The van der Waals surface area contributed by atoms with Crippen molar-refractivity contribution in [2.24, 2.45) is 0 Å². The Hall–Kier alpha value is -4.91. The molecule has 0 bridgehead atoms. The van der Waals surface area contributed by atoms with Crippen molar-refractivity contribution in [1.82, 2.24) is 0 Å². The van der Waals surface area contributed by atoms with Gasteiger partial charge in [-0.3, -0.25) is 0 Å². The molecule has 8 aromatic rings. The molecule has 194 valence electrons. The Morgan fingerprint density at radius 3 is 1.90 bits per heavy atom. The van der Waals surface area contributed by atoms with Crippen molar-refractivity contribution in [2.75, 3.05) is 0 Å². The van der Waals surface area contributed by atoms with Crippen molar-refractivity contribution >= 4 is 66.5 Å². The fraction of sp³-hybridized carbons (Fsp3) is 0. The highest BCUT2D eigenvalue weighted by molar-refractivity contribution is 7.85. The highest BCUT2D eigenvalue weighted by Crippen LogP contribution is 2.45. The maximum absolute atomic E-state index is 15.3. The molecule has 0 fully saturated rings. The van der Waals surface area contributed by atoms with E-state index in [1.165, 1.54) is 5.39 Å². The lowest BCUT2D eigenvalue weighted by atomic mass is 9.96. The van der Waals surface area contributed by atoms with Gasteiger partial charge in [-0.25, -0.2) is 0 Å². The highest BCUT2D eigenvalue weighted by atomic mass is 31.2. The summed E-state index contributed by atoms with van der Waals surface area (Å²) in [5.74, 6) is 0. The van der Waals surface area contributed by atoms with E-state index < -0.39 is 7.14 Å². The molecule has 0 unspecified atom stereocenters. The van der Waals surface area contributed by atoms with Gasteiger partial charge < -0.3 is 8.98 Å². The van der Waals surface area contributed by atoms with E-state index in [-0.39, 0.29) is 0 Å². The van der Waals surface area contributed by atoms with E-state index in [1.807, 2.05) is 72.8 Å². The molecule has 3 heteroatoms. The standard InChI is InChI=1S/C38H25O2P/c39-41(28-12-3-1-4-13-28,29-14-5-2-6-15-29)37-20-10-18-32-30(17-9-19-33(32)37)27-22-24-36-35(25-27)34-23-21-26-11-7-8-16-31(26)38(34)40-36/h1-25H. The van der Waals surface area contributed by atoms with Crippen molar-refractivity contribution in [3.05, 3.63) is 152 Å². The Bertz CT molecular complexity index is 2240. The second-order valence-electron chi connectivity index (χ2n) is 10.4. The van der Waals surface area contributed by atoms with Crippen LogP contribution in [0, 0.1) is 0 Å². The van der Waals surface area contributed by atoms with Crippen molar-refractivity contribution < 1.29 is 8.98 Å². The summed E-state index contributed by atoms with van der Waals surface area (Å²) < 4.78 is 21.6. The average Bonchev–Trinajstić information content (AvgIpc) is 3.43. The van der Waals surface area contributed by atoms with Gasteiger partial charge in [-0.2, -0.15) is 0 Å². The van der Waals surface area contributed by atoms with Crippen LogP contribution in [-0.2, 0) is 4.57 Å². The second-order valence-corrected chi connectivity index (χ2v) is 13.2.